The molecule has 1 aliphatic rings. The van der Waals surface area contributed by atoms with Gasteiger partial charge >= 0.3 is 5.97 Å². The number of ether oxygens (including phenoxy) is 2. The number of pyridine rings is 1. The van der Waals surface area contributed by atoms with Crippen molar-refractivity contribution in [1.29, 1.82) is 0 Å². The van der Waals surface area contributed by atoms with E-state index < -0.39 is 0 Å². The summed E-state index contributed by atoms with van der Waals surface area (Å²) >= 11 is 1.73. The lowest BCUT2D eigenvalue weighted by atomic mass is 10.2. The third-order valence-corrected chi connectivity index (χ3v) is 5.38. The standard InChI is InChI=1S/C18H19N3O3S/c1-23-18(22)14-10-19-17-13(4-2-6-21(14)17)11-20-7-8-24-15(12-20)16-5-3-9-25-16/h2-6,9-10,15H,7-8,11-12H2,1H3. The molecule has 3 aromatic rings. The number of carbonyl (C=O) groups excluding carboxylic acids is 1. The highest BCUT2D eigenvalue weighted by molar-refractivity contribution is 7.10. The van der Waals surface area contributed by atoms with Crippen molar-refractivity contribution in [2.45, 2.75) is 12.6 Å². The molecule has 0 spiro atoms. The van der Waals surface area contributed by atoms with E-state index in [4.69, 9.17) is 9.47 Å². The molecule has 1 saturated heterocycles. The van der Waals surface area contributed by atoms with Crippen LogP contribution in [0.3, 0.4) is 0 Å². The van der Waals surface area contributed by atoms with Crippen LogP contribution in [0.5, 0.6) is 0 Å². The summed E-state index contributed by atoms with van der Waals surface area (Å²) in [5.41, 5.74) is 2.32. The number of nitrogens with zero attached hydrogens (tertiary/aromatic N) is 3. The Kier molecular flexibility index (Phi) is 4.52. The SMILES string of the molecule is COC(=O)c1cnc2c(CN3CCOC(c4cccs4)C3)cccn12. The van der Waals surface area contributed by atoms with Gasteiger partial charge in [0.05, 0.1) is 19.9 Å². The molecule has 0 bridgehead atoms. The number of rotatable bonds is 4. The van der Waals surface area contributed by atoms with Gasteiger partial charge in [-0.05, 0) is 17.5 Å². The van der Waals surface area contributed by atoms with Gasteiger partial charge in [-0.1, -0.05) is 12.1 Å². The van der Waals surface area contributed by atoms with E-state index in [9.17, 15) is 4.79 Å². The normalized spacial score (nSPS) is 18.5. The van der Waals surface area contributed by atoms with Gasteiger partial charge in [-0.25, -0.2) is 9.78 Å². The lowest BCUT2D eigenvalue weighted by molar-refractivity contribution is -0.0310. The van der Waals surface area contributed by atoms with Crippen LogP contribution in [0.4, 0.5) is 0 Å². The lowest BCUT2D eigenvalue weighted by Crippen LogP contribution is -2.37. The fourth-order valence-corrected chi connectivity index (χ4v) is 3.95. The molecule has 0 aliphatic carbocycles. The van der Waals surface area contributed by atoms with E-state index in [2.05, 4.69) is 33.5 Å². The molecule has 0 radical (unpaired) electrons. The van der Waals surface area contributed by atoms with Crippen molar-refractivity contribution < 1.29 is 14.3 Å². The number of aromatic nitrogens is 2. The number of methoxy groups -OCH3 is 1. The Hall–Kier alpha value is -2.22. The predicted octanol–water partition coefficient (Wildman–Crippen LogP) is 2.76. The number of hydrogen-bond acceptors (Lipinski definition) is 6. The van der Waals surface area contributed by atoms with Crippen molar-refractivity contribution in [3.63, 3.8) is 0 Å². The summed E-state index contributed by atoms with van der Waals surface area (Å²) in [4.78, 5) is 19.9. The van der Waals surface area contributed by atoms with Crippen molar-refractivity contribution in [2.24, 2.45) is 0 Å². The van der Waals surface area contributed by atoms with E-state index >= 15 is 0 Å². The fraction of sp³-hybridized carbons (Fsp3) is 0.333. The van der Waals surface area contributed by atoms with Crippen molar-refractivity contribution >= 4 is 23.0 Å². The van der Waals surface area contributed by atoms with Gasteiger partial charge in [-0.2, -0.15) is 0 Å². The molecule has 4 heterocycles. The zero-order valence-electron chi connectivity index (χ0n) is 13.9. The minimum Gasteiger partial charge on any atom is -0.464 e. The van der Waals surface area contributed by atoms with Crippen LogP contribution in [0.2, 0.25) is 0 Å². The Morgan fingerprint density at radius 1 is 1.44 bits per heavy atom. The smallest absolute Gasteiger partial charge is 0.356 e. The molecule has 0 saturated carbocycles. The zero-order valence-corrected chi connectivity index (χ0v) is 14.7. The Morgan fingerprint density at radius 3 is 3.16 bits per heavy atom. The van der Waals surface area contributed by atoms with Crippen LogP contribution < -0.4 is 0 Å². The Labute approximate surface area is 149 Å². The predicted molar refractivity (Wildman–Crippen MR) is 94.8 cm³/mol. The first-order valence-electron chi connectivity index (χ1n) is 8.17. The maximum absolute atomic E-state index is 11.9. The molecule has 130 valence electrons. The van der Waals surface area contributed by atoms with Gasteiger partial charge in [0.2, 0.25) is 0 Å². The van der Waals surface area contributed by atoms with Crippen LogP contribution in [-0.2, 0) is 16.0 Å². The number of carbonyl (C=O) groups is 1. The molecule has 3 aromatic heterocycles. The maximum atomic E-state index is 11.9. The Balaban J connectivity index is 1.56. The summed E-state index contributed by atoms with van der Waals surface area (Å²) in [6.07, 6.45) is 3.53. The van der Waals surface area contributed by atoms with Crippen molar-refractivity contribution in [2.75, 3.05) is 26.8 Å². The summed E-state index contributed by atoms with van der Waals surface area (Å²) in [6.45, 7) is 3.22. The van der Waals surface area contributed by atoms with Crippen molar-refractivity contribution in [1.82, 2.24) is 14.3 Å². The van der Waals surface area contributed by atoms with E-state index in [1.165, 1.54) is 12.0 Å². The minimum atomic E-state index is -0.381. The van der Waals surface area contributed by atoms with E-state index in [1.807, 2.05) is 12.3 Å². The highest BCUT2D eigenvalue weighted by atomic mass is 32.1. The van der Waals surface area contributed by atoms with Gasteiger partial charge in [0.15, 0.2) is 5.69 Å². The van der Waals surface area contributed by atoms with E-state index in [0.29, 0.717) is 12.3 Å². The molecule has 0 aromatic carbocycles. The third kappa shape index (κ3) is 3.18. The second kappa shape index (κ2) is 6.95. The lowest BCUT2D eigenvalue weighted by Gasteiger charge is -2.32. The second-order valence-corrected chi connectivity index (χ2v) is 6.95. The topological polar surface area (TPSA) is 56.1 Å². The molecule has 1 atom stereocenters. The number of fused-ring (bicyclic) bond motifs is 1. The first kappa shape index (κ1) is 16.3. The van der Waals surface area contributed by atoms with Crippen molar-refractivity contribution in [3.8, 4) is 0 Å². The van der Waals surface area contributed by atoms with Gasteiger partial charge in [0, 0.05) is 36.3 Å². The van der Waals surface area contributed by atoms with Crippen LogP contribution in [0.15, 0.2) is 42.0 Å². The molecule has 1 fully saturated rings. The summed E-state index contributed by atoms with van der Waals surface area (Å²) in [5, 5.41) is 2.08. The first-order valence-corrected chi connectivity index (χ1v) is 9.05. The number of esters is 1. The molecule has 6 nitrogen and oxygen atoms in total. The third-order valence-electron chi connectivity index (χ3n) is 4.42. The molecular weight excluding hydrogens is 338 g/mol. The molecule has 25 heavy (non-hydrogen) atoms. The van der Waals surface area contributed by atoms with Gasteiger partial charge in [0.1, 0.15) is 11.8 Å². The molecular formula is C18H19N3O3S. The van der Waals surface area contributed by atoms with E-state index in [0.717, 1.165) is 30.8 Å². The van der Waals surface area contributed by atoms with Crippen LogP contribution in [0.1, 0.15) is 27.0 Å². The molecule has 7 heteroatoms. The number of imidazole rings is 1. The molecule has 0 N–H and O–H groups in total. The monoisotopic (exact) mass is 357 g/mol. The highest BCUT2D eigenvalue weighted by Crippen LogP contribution is 2.27. The number of morpholine rings is 1. The molecule has 1 unspecified atom stereocenters. The van der Waals surface area contributed by atoms with Gasteiger partial charge in [-0.15, -0.1) is 11.3 Å². The summed E-state index contributed by atoms with van der Waals surface area (Å²) in [6, 6.07) is 8.17. The number of thiophene rings is 1. The quantitative estimate of drug-likeness (QED) is 0.672. The average molecular weight is 357 g/mol. The van der Waals surface area contributed by atoms with E-state index in [-0.39, 0.29) is 12.1 Å². The summed E-state index contributed by atoms with van der Waals surface area (Å²) in [5.74, 6) is -0.381. The summed E-state index contributed by atoms with van der Waals surface area (Å²) < 4.78 is 12.5. The average Bonchev–Trinajstić information content (AvgIpc) is 3.32. The Bertz CT molecular complexity index is 875. The van der Waals surface area contributed by atoms with Crippen LogP contribution in [0, 0.1) is 0 Å². The highest BCUT2D eigenvalue weighted by Gasteiger charge is 2.23. The van der Waals surface area contributed by atoms with Crippen molar-refractivity contribution in [3.05, 3.63) is 58.2 Å². The fourth-order valence-electron chi connectivity index (χ4n) is 3.18. The maximum Gasteiger partial charge on any atom is 0.356 e. The van der Waals surface area contributed by atoms with Gasteiger partial charge in [0.25, 0.3) is 0 Å². The number of hydrogen-bond donors (Lipinski definition) is 0. The molecule has 1 aliphatic heterocycles. The Morgan fingerprint density at radius 2 is 2.36 bits per heavy atom. The van der Waals surface area contributed by atoms with Crippen LogP contribution >= 0.6 is 11.3 Å². The van der Waals surface area contributed by atoms with E-state index in [1.54, 1.807) is 21.9 Å². The first-order chi connectivity index (χ1) is 12.3. The largest absolute Gasteiger partial charge is 0.464 e. The summed E-state index contributed by atoms with van der Waals surface area (Å²) in [7, 11) is 1.38. The zero-order chi connectivity index (χ0) is 17.2. The molecule has 0 amide bonds. The minimum absolute atomic E-state index is 0.124. The second-order valence-electron chi connectivity index (χ2n) is 5.97. The van der Waals surface area contributed by atoms with Crippen LogP contribution in [-0.4, -0.2) is 47.1 Å². The van der Waals surface area contributed by atoms with Gasteiger partial charge in [-0.3, -0.25) is 9.30 Å². The molecule has 4 rings (SSSR count). The van der Waals surface area contributed by atoms with Crippen LogP contribution in [0.25, 0.3) is 5.65 Å². The van der Waals surface area contributed by atoms with Gasteiger partial charge < -0.3 is 9.47 Å².